The molecule has 0 amide bonds. The van der Waals surface area contributed by atoms with Crippen LogP contribution in [0.3, 0.4) is 0 Å². The standard InChI is InChI=1S/C10H20Cl4Si2/c1-15(11,12)8-5-9-16(13,14)10-6-3-2-4-7-10/h10H,2-9H2,1H3. The maximum absolute atomic E-state index is 6.58. The third-order valence-electron chi connectivity index (χ3n) is 3.33. The van der Waals surface area contributed by atoms with Crippen molar-refractivity contribution in [3.63, 3.8) is 0 Å². The van der Waals surface area contributed by atoms with Gasteiger partial charge in [0.25, 0.3) is 6.69 Å². The van der Waals surface area contributed by atoms with E-state index in [9.17, 15) is 0 Å². The van der Waals surface area contributed by atoms with E-state index in [1.165, 1.54) is 32.1 Å². The van der Waals surface area contributed by atoms with Crippen molar-refractivity contribution in [1.29, 1.82) is 0 Å². The Kier molecular flexibility index (Phi) is 6.53. The van der Waals surface area contributed by atoms with Crippen LogP contribution in [0.25, 0.3) is 0 Å². The van der Waals surface area contributed by atoms with Crippen LogP contribution in [0.4, 0.5) is 0 Å². The van der Waals surface area contributed by atoms with Gasteiger partial charge in [0.1, 0.15) is 0 Å². The molecule has 0 aromatic heterocycles. The molecule has 0 N–H and O–H groups in total. The van der Waals surface area contributed by atoms with E-state index in [0.29, 0.717) is 5.54 Å². The Morgan fingerprint density at radius 1 is 0.938 bits per heavy atom. The van der Waals surface area contributed by atoms with E-state index in [-0.39, 0.29) is 0 Å². The summed E-state index contributed by atoms with van der Waals surface area (Å²) >= 11 is 25.3. The van der Waals surface area contributed by atoms with Crippen molar-refractivity contribution in [2.75, 3.05) is 0 Å². The highest BCUT2D eigenvalue weighted by atomic mass is 35.7. The lowest BCUT2D eigenvalue weighted by atomic mass is 10.0. The number of hydrogen-bond donors (Lipinski definition) is 0. The first-order chi connectivity index (χ1) is 7.31. The molecule has 16 heavy (non-hydrogen) atoms. The van der Waals surface area contributed by atoms with Crippen LogP contribution in [-0.4, -0.2) is 13.4 Å². The van der Waals surface area contributed by atoms with Crippen LogP contribution in [0.2, 0.25) is 24.2 Å². The fraction of sp³-hybridized carbons (Fsp3) is 1.00. The first kappa shape index (κ1) is 15.7. The van der Waals surface area contributed by atoms with E-state index in [4.69, 9.17) is 44.3 Å². The smallest absolute Gasteiger partial charge is 0.146 e. The molecule has 1 saturated carbocycles. The summed E-state index contributed by atoms with van der Waals surface area (Å²) in [5, 5.41) is 0. The molecule has 6 heteroatoms. The summed E-state index contributed by atoms with van der Waals surface area (Å²) in [4.78, 5) is 0. The van der Waals surface area contributed by atoms with Crippen LogP contribution in [0.5, 0.6) is 0 Å². The Morgan fingerprint density at radius 3 is 2.00 bits per heavy atom. The molecule has 1 aliphatic carbocycles. The Hall–Kier alpha value is 1.59. The van der Waals surface area contributed by atoms with Gasteiger partial charge in [0.2, 0.25) is 6.69 Å². The van der Waals surface area contributed by atoms with Gasteiger partial charge in [-0.2, -0.15) is 0 Å². The minimum atomic E-state index is -2.05. The Labute approximate surface area is 120 Å². The second kappa shape index (κ2) is 6.67. The Balaban J connectivity index is 2.32. The molecular formula is C10H20Cl4Si2. The fourth-order valence-electron chi connectivity index (χ4n) is 2.36. The van der Waals surface area contributed by atoms with Gasteiger partial charge in [-0.15, -0.1) is 44.3 Å². The summed E-state index contributed by atoms with van der Waals surface area (Å²) in [6.07, 6.45) is 7.42. The first-order valence-corrected chi connectivity index (χ1v) is 15.1. The van der Waals surface area contributed by atoms with Gasteiger partial charge < -0.3 is 0 Å². The van der Waals surface area contributed by atoms with E-state index >= 15 is 0 Å². The minimum Gasteiger partial charge on any atom is -0.146 e. The van der Waals surface area contributed by atoms with Crippen molar-refractivity contribution in [2.24, 2.45) is 0 Å². The van der Waals surface area contributed by atoms with Crippen LogP contribution >= 0.6 is 44.3 Å². The lowest BCUT2D eigenvalue weighted by Crippen LogP contribution is -2.29. The second-order valence-electron chi connectivity index (χ2n) is 5.02. The minimum absolute atomic E-state index is 0.600. The summed E-state index contributed by atoms with van der Waals surface area (Å²) in [5.41, 5.74) is 0.600. The van der Waals surface area contributed by atoms with Gasteiger partial charge in [0.15, 0.2) is 0 Å². The quantitative estimate of drug-likeness (QED) is 0.415. The molecule has 0 saturated heterocycles. The molecular weight excluding hydrogens is 318 g/mol. The van der Waals surface area contributed by atoms with Crippen LogP contribution in [0, 0.1) is 0 Å². The summed E-state index contributed by atoms with van der Waals surface area (Å²) < 4.78 is 0. The van der Waals surface area contributed by atoms with Gasteiger partial charge in [-0.3, -0.25) is 0 Å². The number of halogens is 4. The summed E-state index contributed by atoms with van der Waals surface area (Å²) in [6, 6.07) is 1.87. The molecule has 0 unspecified atom stereocenters. The topological polar surface area (TPSA) is 0 Å². The van der Waals surface area contributed by atoms with Crippen LogP contribution in [0.15, 0.2) is 0 Å². The average Bonchev–Trinajstić information content (AvgIpc) is 2.17. The number of rotatable bonds is 5. The maximum Gasteiger partial charge on any atom is 0.254 e. The Morgan fingerprint density at radius 2 is 1.50 bits per heavy atom. The first-order valence-electron chi connectivity index (χ1n) is 6.07. The highest BCUT2D eigenvalue weighted by Crippen LogP contribution is 2.44. The second-order valence-corrected chi connectivity index (χ2v) is 20.7. The van der Waals surface area contributed by atoms with Crippen molar-refractivity contribution < 1.29 is 0 Å². The third-order valence-corrected chi connectivity index (χ3v) is 11.5. The number of hydrogen-bond acceptors (Lipinski definition) is 0. The molecule has 0 nitrogen and oxygen atoms in total. The van der Waals surface area contributed by atoms with E-state index < -0.39 is 13.4 Å². The van der Waals surface area contributed by atoms with Crippen LogP contribution in [-0.2, 0) is 0 Å². The van der Waals surface area contributed by atoms with Crippen molar-refractivity contribution in [3.8, 4) is 0 Å². The van der Waals surface area contributed by atoms with Crippen molar-refractivity contribution in [3.05, 3.63) is 0 Å². The predicted octanol–water partition coefficient (Wildman–Crippen LogP) is 6.18. The van der Waals surface area contributed by atoms with Gasteiger partial charge in [-0.1, -0.05) is 38.5 Å². The molecule has 0 aromatic carbocycles. The molecule has 0 atom stereocenters. The average molecular weight is 338 g/mol. The summed E-state index contributed by atoms with van der Waals surface area (Å²) in [7, 11) is 0. The zero-order chi connectivity index (χ0) is 12.2. The molecule has 0 aromatic rings. The molecule has 0 heterocycles. The molecule has 0 bridgehead atoms. The van der Waals surface area contributed by atoms with Crippen LogP contribution < -0.4 is 0 Å². The van der Waals surface area contributed by atoms with Gasteiger partial charge in [0.05, 0.1) is 0 Å². The largest absolute Gasteiger partial charge is 0.254 e. The monoisotopic (exact) mass is 336 g/mol. The van der Waals surface area contributed by atoms with Crippen LogP contribution in [0.1, 0.15) is 38.5 Å². The predicted molar refractivity (Wildman–Crippen MR) is 81.9 cm³/mol. The fourth-order valence-corrected chi connectivity index (χ4v) is 8.74. The Bertz CT molecular complexity index is 209. The highest BCUT2D eigenvalue weighted by Gasteiger charge is 2.38. The third kappa shape index (κ3) is 5.97. The van der Waals surface area contributed by atoms with Gasteiger partial charge >= 0.3 is 0 Å². The van der Waals surface area contributed by atoms with Crippen molar-refractivity contribution in [1.82, 2.24) is 0 Å². The highest BCUT2D eigenvalue weighted by molar-refractivity contribution is 7.46. The molecule has 0 aliphatic heterocycles. The molecule has 0 spiro atoms. The summed E-state index contributed by atoms with van der Waals surface area (Å²) in [5.74, 6) is 0. The van der Waals surface area contributed by atoms with E-state index in [1.54, 1.807) is 0 Å². The van der Waals surface area contributed by atoms with Crippen molar-refractivity contribution >= 4 is 57.7 Å². The summed E-state index contributed by atoms with van der Waals surface area (Å²) in [6.45, 7) is -2.05. The van der Waals surface area contributed by atoms with Gasteiger partial charge in [-0.25, -0.2) is 0 Å². The van der Waals surface area contributed by atoms with Gasteiger partial charge in [-0.05, 0) is 24.2 Å². The van der Waals surface area contributed by atoms with E-state index in [0.717, 1.165) is 18.5 Å². The molecule has 1 aliphatic rings. The van der Waals surface area contributed by atoms with Gasteiger partial charge in [0, 0.05) is 0 Å². The lowest BCUT2D eigenvalue weighted by Gasteiger charge is -2.31. The molecule has 96 valence electrons. The maximum atomic E-state index is 6.58. The zero-order valence-electron chi connectivity index (χ0n) is 9.75. The van der Waals surface area contributed by atoms with E-state index in [2.05, 4.69) is 0 Å². The molecule has 1 fully saturated rings. The van der Waals surface area contributed by atoms with Crippen molar-refractivity contribution in [2.45, 2.75) is 62.7 Å². The molecule has 0 radical (unpaired) electrons. The lowest BCUT2D eigenvalue weighted by molar-refractivity contribution is 0.496. The molecule has 1 rings (SSSR count). The van der Waals surface area contributed by atoms with E-state index in [1.807, 2.05) is 6.55 Å². The zero-order valence-corrected chi connectivity index (χ0v) is 14.8. The normalized spacial score (nSPS) is 20.1. The SMILES string of the molecule is C[Si](Cl)(Cl)CCC[Si](Cl)(Cl)C1CCCCC1.